The average molecular weight is 609 g/mol. The van der Waals surface area contributed by atoms with Crippen LogP contribution in [-0.2, 0) is 53.7 Å². The fourth-order valence-electron chi connectivity index (χ4n) is 3.96. The molecule has 210 valence electrons. The van der Waals surface area contributed by atoms with Gasteiger partial charge in [-0.25, -0.2) is 8.96 Å². The number of carbonyl (C=O) groups is 1. The minimum atomic E-state index is -5.01. The second kappa shape index (κ2) is 10.6. The summed E-state index contributed by atoms with van der Waals surface area (Å²) in [6.45, 7) is 1.04. The Kier molecular flexibility index (Phi) is 7.91. The van der Waals surface area contributed by atoms with Crippen LogP contribution in [0.5, 0.6) is 0 Å². The molecule has 0 fully saturated rings. The number of fused-ring (bicyclic) bond motifs is 1. The van der Waals surface area contributed by atoms with E-state index in [4.69, 9.17) is 9.79 Å². The van der Waals surface area contributed by atoms with Crippen molar-refractivity contribution in [3.8, 4) is 11.3 Å². The molecule has 4 rings (SSSR count). The molecule has 0 atom stereocenters. The topological polar surface area (TPSA) is 128 Å². The van der Waals surface area contributed by atoms with Crippen molar-refractivity contribution in [2.45, 2.75) is 32.7 Å². The fraction of sp³-hybridized carbons (Fsp3) is 0.318. The Morgan fingerprint density at radius 1 is 1.21 bits per heavy atom. The van der Waals surface area contributed by atoms with Gasteiger partial charge in [0.1, 0.15) is 17.4 Å². The zero-order valence-corrected chi connectivity index (χ0v) is 23.0. The highest BCUT2D eigenvalue weighted by molar-refractivity contribution is 7.46. The molecular weight excluding hydrogens is 587 g/mol. The van der Waals surface area contributed by atoms with Crippen LogP contribution in [0.2, 0.25) is 0 Å². The van der Waals surface area contributed by atoms with E-state index in [2.05, 4.69) is 9.52 Å². The number of halogens is 4. The van der Waals surface area contributed by atoms with Gasteiger partial charge in [-0.05, 0) is 24.1 Å². The summed E-state index contributed by atoms with van der Waals surface area (Å²) < 4.78 is 73.2. The molecular formula is C22H21F4N4O6PS2. The number of thiophene rings is 1. The third kappa shape index (κ3) is 5.85. The van der Waals surface area contributed by atoms with Crippen LogP contribution in [0.25, 0.3) is 21.5 Å². The number of hydrogen-bond acceptors (Lipinski definition) is 6. The molecule has 3 aromatic heterocycles. The Bertz CT molecular complexity index is 1760. The van der Waals surface area contributed by atoms with Crippen molar-refractivity contribution in [2.24, 2.45) is 19.1 Å². The second-order valence-corrected chi connectivity index (χ2v) is 11.5. The van der Waals surface area contributed by atoms with Crippen LogP contribution in [0.15, 0.2) is 33.4 Å². The molecule has 0 bridgehead atoms. The summed E-state index contributed by atoms with van der Waals surface area (Å²) in [6, 6.07) is 2.13. The van der Waals surface area contributed by atoms with E-state index in [1.54, 1.807) is 18.8 Å². The number of rotatable bonds is 7. The van der Waals surface area contributed by atoms with E-state index in [9.17, 15) is 31.7 Å². The number of phosphoric ester groups is 1. The highest BCUT2D eigenvalue weighted by atomic mass is 32.1. The maximum atomic E-state index is 14.2. The summed E-state index contributed by atoms with van der Waals surface area (Å²) in [6.07, 6.45) is -4.61. The number of nitrogens with zero attached hydrogens (tertiary/aromatic N) is 4. The van der Waals surface area contributed by atoms with Crippen LogP contribution >= 0.6 is 30.5 Å². The minimum absolute atomic E-state index is 0.0109. The Morgan fingerprint density at radius 2 is 1.90 bits per heavy atom. The van der Waals surface area contributed by atoms with Gasteiger partial charge in [-0.15, -0.1) is 22.7 Å². The van der Waals surface area contributed by atoms with Crippen LogP contribution < -0.4 is 10.4 Å². The van der Waals surface area contributed by atoms with Crippen molar-refractivity contribution in [1.29, 1.82) is 0 Å². The van der Waals surface area contributed by atoms with E-state index in [0.717, 1.165) is 26.8 Å². The molecule has 0 aliphatic heterocycles. The maximum Gasteiger partial charge on any atom is 0.471 e. The van der Waals surface area contributed by atoms with E-state index in [-0.39, 0.29) is 28.0 Å². The summed E-state index contributed by atoms with van der Waals surface area (Å²) in [5, 5.41) is 1.74. The smallest absolute Gasteiger partial charge is 0.303 e. The Hall–Kier alpha value is -2.88. The molecule has 0 radical (unpaired) electrons. The largest absolute Gasteiger partial charge is 0.471 e. The number of aromatic nitrogens is 3. The lowest BCUT2D eigenvalue weighted by atomic mass is 10.1. The number of benzene rings is 1. The Labute approximate surface area is 225 Å². The minimum Gasteiger partial charge on any atom is -0.303 e. The first kappa shape index (κ1) is 29.1. The number of carbonyl (C=O) groups excluding carboxylic acids is 1. The summed E-state index contributed by atoms with van der Waals surface area (Å²) in [4.78, 5) is 49.6. The first-order valence-corrected chi connectivity index (χ1v) is 14.3. The molecule has 17 heteroatoms. The predicted octanol–water partition coefficient (Wildman–Crippen LogP) is 3.93. The van der Waals surface area contributed by atoms with E-state index >= 15 is 0 Å². The number of aryl methyl sites for hydroxylation is 2. The van der Waals surface area contributed by atoms with Crippen molar-refractivity contribution in [1.82, 2.24) is 13.9 Å². The number of amides is 1. The molecule has 0 unspecified atom stereocenters. The first-order chi connectivity index (χ1) is 18.1. The normalized spacial score (nSPS) is 13.1. The lowest BCUT2D eigenvalue weighted by Crippen LogP contribution is -2.20. The molecule has 1 aromatic carbocycles. The molecule has 0 aliphatic carbocycles. The molecule has 1 amide bonds. The fourth-order valence-corrected chi connectivity index (χ4v) is 6.38. The van der Waals surface area contributed by atoms with Gasteiger partial charge in [-0.1, -0.05) is 13.0 Å². The van der Waals surface area contributed by atoms with E-state index in [1.807, 2.05) is 6.92 Å². The van der Waals surface area contributed by atoms with Gasteiger partial charge >= 0.3 is 14.0 Å². The molecule has 0 aliphatic rings. The maximum absolute atomic E-state index is 14.2. The van der Waals surface area contributed by atoms with E-state index in [0.29, 0.717) is 34.3 Å². The second-order valence-electron chi connectivity index (χ2n) is 8.34. The van der Waals surface area contributed by atoms with Gasteiger partial charge in [-0.2, -0.15) is 18.2 Å². The van der Waals surface area contributed by atoms with Crippen molar-refractivity contribution in [3.05, 3.63) is 60.6 Å². The van der Waals surface area contributed by atoms with Crippen molar-refractivity contribution < 1.29 is 41.2 Å². The summed E-state index contributed by atoms with van der Waals surface area (Å²) >= 11 is 2.21. The molecule has 4 aromatic rings. The van der Waals surface area contributed by atoms with Gasteiger partial charge in [0.25, 0.3) is 11.5 Å². The first-order valence-electron chi connectivity index (χ1n) is 11.1. The molecule has 0 spiro atoms. The monoisotopic (exact) mass is 608 g/mol. The van der Waals surface area contributed by atoms with Crippen molar-refractivity contribution >= 4 is 46.6 Å². The highest BCUT2D eigenvalue weighted by Gasteiger charge is 2.34. The number of alkyl halides is 3. The summed E-state index contributed by atoms with van der Waals surface area (Å²) in [7, 11) is -1.69. The number of thiazole rings is 1. The molecule has 0 saturated heterocycles. The SMILES string of the molecule is CCc1sc2c(c1CC(=O)/N=c1\scc(-c3ccc(C(F)(F)F)c(F)c3)n1COP(=O)(O)O)c(=O)n(C)n2C. The zero-order valence-electron chi connectivity index (χ0n) is 20.5. The Balaban J connectivity index is 1.78. The van der Waals surface area contributed by atoms with E-state index < -0.39 is 38.0 Å². The number of hydrogen-bond donors (Lipinski definition) is 2. The highest BCUT2D eigenvalue weighted by Crippen LogP contribution is 2.37. The van der Waals surface area contributed by atoms with Crippen LogP contribution in [0.3, 0.4) is 0 Å². The molecule has 2 N–H and O–H groups in total. The third-order valence-corrected chi connectivity index (χ3v) is 8.67. The van der Waals surface area contributed by atoms with Crippen LogP contribution in [0.1, 0.15) is 22.9 Å². The average Bonchev–Trinajstić information content (AvgIpc) is 3.46. The van der Waals surface area contributed by atoms with Gasteiger partial charge in [0, 0.05) is 29.9 Å². The quantitative estimate of drug-likeness (QED) is 0.242. The Morgan fingerprint density at radius 3 is 2.49 bits per heavy atom. The zero-order chi connectivity index (χ0) is 28.9. The van der Waals surface area contributed by atoms with Crippen LogP contribution in [-0.4, -0.2) is 29.6 Å². The van der Waals surface area contributed by atoms with Crippen molar-refractivity contribution in [3.63, 3.8) is 0 Å². The molecule has 39 heavy (non-hydrogen) atoms. The van der Waals surface area contributed by atoms with E-state index in [1.165, 1.54) is 21.4 Å². The lowest BCUT2D eigenvalue weighted by Gasteiger charge is -2.12. The van der Waals surface area contributed by atoms with Gasteiger partial charge in [0.05, 0.1) is 23.1 Å². The standard InChI is InChI=1S/C22H21F4N4O6PS2/c1-4-16-12(18-19(32)28(2)29(3)20(18)39-16)8-17(31)27-21-30(10-36-37(33,34)35)15(9-38-21)11-5-6-13(14(23)7-11)22(24,25)26/h5-7,9H,4,8,10H2,1-3H3,(H2,33,34,35)/b27-21-. The van der Waals surface area contributed by atoms with Gasteiger partial charge < -0.3 is 9.79 Å². The molecule has 10 nitrogen and oxygen atoms in total. The van der Waals surface area contributed by atoms with Gasteiger partial charge in [-0.3, -0.25) is 28.0 Å². The molecule has 3 heterocycles. The third-order valence-electron chi connectivity index (χ3n) is 5.92. The summed E-state index contributed by atoms with van der Waals surface area (Å²) in [5.41, 5.74) is -1.30. The van der Waals surface area contributed by atoms with Crippen LogP contribution in [0.4, 0.5) is 17.6 Å². The lowest BCUT2D eigenvalue weighted by molar-refractivity contribution is -0.140. The predicted molar refractivity (Wildman–Crippen MR) is 136 cm³/mol. The van der Waals surface area contributed by atoms with Gasteiger partial charge in [0.15, 0.2) is 4.80 Å². The molecule has 0 saturated carbocycles. The van der Waals surface area contributed by atoms with Crippen LogP contribution in [0, 0.1) is 5.82 Å². The van der Waals surface area contributed by atoms with Crippen molar-refractivity contribution in [2.75, 3.05) is 0 Å². The van der Waals surface area contributed by atoms with Gasteiger partial charge in [0.2, 0.25) is 0 Å². The number of phosphoric acid groups is 1. The summed E-state index contributed by atoms with van der Waals surface area (Å²) in [5.74, 6) is -2.24.